The van der Waals surface area contributed by atoms with Crippen molar-refractivity contribution in [3.63, 3.8) is 0 Å². The van der Waals surface area contributed by atoms with Crippen molar-refractivity contribution in [3.05, 3.63) is 42.2 Å². The number of carbonyl (C=O) groups is 2. The van der Waals surface area contributed by atoms with Crippen LogP contribution in [0.5, 0.6) is 0 Å². The Morgan fingerprint density at radius 2 is 1.89 bits per heavy atom. The molecule has 2 aliphatic heterocycles. The van der Waals surface area contributed by atoms with Crippen LogP contribution in [0.15, 0.2) is 36.5 Å². The Balaban J connectivity index is 0.00000225. The lowest BCUT2D eigenvalue weighted by Crippen LogP contribution is -2.43. The second kappa shape index (κ2) is 8.70. The van der Waals surface area contributed by atoms with Gasteiger partial charge in [-0.25, -0.2) is 4.68 Å². The molecule has 1 unspecified atom stereocenters. The largest absolute Gasteiger partial charge is 0.328 e. The van der Waals surface area contributed by atoms with Crippen LogP contribution >= 0.6 is 12.4 Å². The van der Waals surface area contributed by atoms with Crippen molar-refractivity contribution < 1.29 is 9.59 Å². The number of rotatable bonds is 4. The van der Waals surface area contributed by atoms with Crippen molar-refractivity contribution in [1.82, 2.24) is 25.2 Å². The summed E-state index contributed by atoms with van der Waals surface area (Å²) in [5.41, 5.74) is 1.16. The number of aromatic nitrogens is 3. The average Bonchev–Trinajstić information content (AvgIpc) is 3.35. The SMILES string of the molecule is CN(C(=O)c1cn(C2CCNCC2)nn1)C1CCN(c2ccccc2)C1=O.Cl. The van der Waals surface area contributed by atoms with Gasteiger partial charge in [0.1, 0.15) is 6.04 Å². The van der Waals surface area contributed by atoms with Crippen LogP contribution in [-0.4, -0.2) is 64.4 Å². The highest BCUT2D eigenvalue weighted by molar-refractivity contribution is 6.03. The van der Waals surface area contributed by atoms with Gasteiger partial charge in [0.25, 0.3) is 5.91 Å². The number of para-hydroxylation sites is 1. The molecule has 150 valence electrons. The van der Waals surface area contributed by atoms with Crippen LogP contribution in [0, 0.1) is 0 Å². The second-order valence-corrected chi connectivity index (χ2v) is 7.11. The summed E-state index contributed by atoms with van der Waals surface area (Å²) in [4.78, 5) is 28.9. The quantitative estimate of drug-likeness (QED) is 0.834. The monoisotopic (exact) mass is 404 g/mol. The van der Waals surface area contributed by atoms with E-state index >= 15 is 0 Å². The summed E-state index contributed by atoms with van der Waals surface area (Å²) in [6.07, 6.45) is 4.27. The molecule has 8 nitrogen and oxygen atoms in total. The van der Waals surface area contributed by atoms with Gasteiger partial charge >= 0.3 is 0 Å². The van der Waals surface area contributed by atoms with E-state index in [1.54, 1.807) is 22.8 Å². The number of carbonyl (C=O) groups excluding carboxylic acids is 2. The first-order valence-corrected chi connectivity index (χ1v) is 9.41. The summed E-state index contributed by atoms with van der Waals surface area (Å²) >= 11 is 0. The van der Waals surface area contributed by atoms with Gasteiger partial charge in [-0.1, -0.05) is 23.4 Å². The molecule has 0 aliphatic carbocycles. The van der Waals surface area contributed by atoms with Crippen molar-refractivity contribution in [1.29, 1.82) is 0 Å². The number of benzene rings is 1. The van der Waals surface area contributed by atoms with Gasteiger partial charge in [0, 0.05) is 19.3 Å². The molecule has 9 heteroatoms. The minimum absolute atomic E-state index is 0. The summed E-state index contributed by atoms with van der Waals surface area (Å²) in [7, 11) is 1.67. The molecule has 0 spiro atoms. The standard InChI is InChI=1S/C19H24N6O2.ClH/c1-23(17-9-12-24(19(17)27)14-5-3-2-4-6-14)18(26)16-13-25(22-21-16)15-7-10-20-11-8-15;/h2-6,13,15,17,20H,7-12H2,1H3;1H. The van der Waals surface area contributed by atoms with E-state index in [2.05, 4.69) is 15.6 Å². The van der Waals surface area contributed by atoms with Gasteiger partial charge < -0.3 is 15.1 Å². The van der Waals surface area contributed by atoms with Crippen LogP contribution in [0.4, 0.5) is 5.69 Å². The number of halogens is 1. The molecule has 1 aromatic carbocycles. The molecule has 0 saturated carbocycles. The molecule has 0 bridgehead atoms. The van der Waals surface area contributed by atoms with Gasteiger partial charge in [-0.05, 0) is 44.5 Å². The van der Waals surface area contributed by atoms with Crippen molar-refractivity contribution in [2.45, 2.75) is 31.3 Å². The zero-order valence-corrected chi connectivity index (χ0v) is 16.6. The molecule has 2 aliphatic rings. The number of nitrogens with zero attached hydrogens (tertiary/aromatic N) is 5. The Labute approximate surface area is 170 Å². The lowest BCUT2D eigenvalue weighted by atomic mass is 10.1. The van der Waals surface area contributed by atoms with Crippen molar-refractivity contribution in [2.75, 3.05) is 31.6 Å². The first-order valence-electron chi connectivity index (χ1n) is 9.41. The molecule has 2 fully saturated rings. The van der Waals surface area contributed by atoms with E-state index in [-0.39, 0.29) is 30.3 Å². The van der Waals surface area contributed by atoms with E-state index < -0.39 is 6.04 Å². The Morgan fingerprint density at radius 3 is 2.61 bits per heavy atom. The first-order chi connectivity index (χ1) is 13.1. The van der Waals surface area contributed by atoms with Crippen molar-refractivity contribution in [2.24, 2.45) is 0 Å². The van der Waals surface area contributed by atoms with Gasteiger partial charge in [0.05, 0.1) is 12.2 Å². The van der Waals surface area contributed by atoms with E-state index in [1.165, 1.54) is 4.90 Å². The van der Waals surface area contributed by atoms with Gasteiger partial charge in [0.15, 0.2) is 5.69 Å². The van der Waals surface area contributed by atoms with Crippen molar-refractivity contribution in [3.8, 4) is 0 Å². The number of amides is 2. The fourth-order valence-corrected chi connectivity index (χ4v) is 3.84. The second-order valence-electron chi connectivity index (χ2n) is 7.11. The van der Waals surface area contributed by atoms with Crippen LogP contribution in [0.2, 0.25) is 0 Å². The van der Waals surface area contributed by atoms with E-state index in [4.69, 9.17) is 0 Å². The number of piperidine rings is 1. The minimum atomic E-state index is -0.471. The molecule has 1 aromatic heterocycles. The van der Waals surface area contributed by atoms with Gasteiger partial charge in [-0.3, -0.25) is 9.59 Å². The van der Waals surface area contributed by atoms with E-state index in [0.717, 1.165) is 31.6 Å². The maximum atomic E-state index is 12.8. The predicted molar refractivity (Wildman–Crippen MR) is 108 cm³/mol. The Kier molecular flexibility index (Phi) is 6.31. The highest BCUT2D eigenvalue weighted by atomic mass is 35.5. The third-order valence-corrected chi connectivity index (χ3v) is 5.45. The third-order valence-electron chi connectivity index (χ3n) is 5.45. The van der Waals surface area contributed by atoms with Crippen LogP contribution in [0.25, 0.3) is 0 Å². The average molecular weight is 405 g/mol. The highest BCUT2D eigenvalue weighted by Crippen LogP contribution is 2.24. The number of anilines is 1. The Hall–Kier alpha value is -2.45. The number of hydrogen-bond donors (Lipinski definition) is 1. The molecular formula is C19H25ClN6O2. The molecular weight excluding hydrogens is 380 g/mol. The van der Waals surface area contributed by atoms with Crippen molar-refractivity contribution >= 4 is 29.9 Å². The molecule has 2 saturated heterocycles. The first kappa shape index (κ1) is 20.3. The fraction of sp³-hybridized carbons (Fsp3) is 0.474. The van der Waals surface area contributed by atoms with Gasteiger partial charge in [-0.2, -0.15) is 0 Å². The smallest absolute Gasteiger partial charge is 0.276 e. The van der Waals surface area contributed by atoms with Gasteiger partial charge in [-0.15, -0.1) is 17.5 Å². The Bertz CT molecular complexity index is 821. The number of likely N-dealkylation sites (N-methyl/N-ethyl adjacent to an activating group) is 1. The maximum absolute atomic E-state index is 12.8. The zero-order chi connectivity index (χ0) is 18.8. The molecule has 1 N–H and O–H groups in total. The summed E-state index contributed by atoms with van der Waals surface area (Å²) in [5.74, 6) is -0.314. The third kappa shape index (κ3) is 3.88. The molecule has 3 heterocycles. The number of hydrogen-bond acceptors (Lipinski definition) is 5. The summed E-state index contributed by atoms with van der Waals surface area (Å²) in [6.45, 7) is 2.49. The molecule has 2 aromatic rings. The molecule has 1 atom stereocenters. The van der Waals surface area contributed by atoms with Crippen LogP contribution in [0.3, 0.4) is 0 Å². The summed E-state index contributed by atoms with van der Waals surface area (Å²) in [6, 6.07) is 9.35. The highest BCUT2D eigenvalue weighted by Gasteiger charge is 2.38. The fourth-order valence-electron chi connectivity index (χ4n) is 3.84. The summed E-state index contributed by atoms with van der Waals surface area (Å²) in [5, 5.41) is 11.5. The Morgan fingerprint density at radius 1 is 1.18 bits per heavy atom. The molecule has 4 rings (SSSR count). The van der Waals surface area contributed by atoms with Crippen LogP contribution in [-0.2, 0) is 4.79 Å². The lowest BCUT2D eigenvalue weighted by Gasteiger charge is -2.23. The van der Waals surface area contributed by atoms with E-state index in [0.29, 0.717) is 18.7 Å². The maximum Gasteiger partial charge on any atom is 0.276 e. The number of nitrogens with one attached hydrogen (secondary N) is 1. The lowest BCUT2D eigenvalue weighted by molar-refractivity contribution is -0.120. The summed E-state index contributed by atoms with van der Waals surface area (Å²) < 4.78 is 1.79. The predicted octanol–water partition coefficient (Wildman–Crippen LogP) is 1.50. The van der Waals surface area contributed by atoms with Crippen LogP contribution < -0.4 is 10.2 Å². The molecule has 0 radical (unpaired) electrons. The minimum Gasteiger partial charge on any atom is -0.328 e. The topological polar surface area (TPSA) is 83.4 Å². The van der Waals surface area contributed by atoms with E-state index in [9.17, 15) is 9.59 Å². The molecule has 2 amide bonds. The zero-order valence-electron chi connectivity index (χ0n) is 15.8. The van der Waals surface area contributed by atoms with E-state index in [1.807, 2.05) is 30.3 Å². The molecule has 28 heavy (non-hydrogen) atoms. The van der Waals surface area contributed by atoms with Gasteiger partial charge in [0.2, 0.25) is 5.91 Å². The van der Waals surface area contributed by atoms with Crippen LogP contribution in [0.1, 0.15) is 35.8 Å². The normalized spacial score (nSPS) is 20.1.